The van der Waals surface area contributed by atoms with Gasteiger partial charge in [0.1, 0.15) is 23.6 Å². The van der Waals surface area contributed by atoms with E-state index in [9.17, 15) is 4.39 Å². The molecule has 0 saturated carbocycles. The number of halogens is 1. The van der Waals surface area contributed by atoms with Crippen LogP contribution in [0.1, 0.15) is 12.5 Å². The molecule has 1 fully saturated rings. The van der Waals surface area contributed by atoms with Gasteiger partial charge in [0.15, 0.2) is 17.2 Å². The van der Waals surface area contributed by atoms with Crippen LogP contribution in [0.2, 0.25) is 0 Å². The summed E-state index contributed by atoms with van der Waals surface area (Å²) in [4.78, 5) is 8.50. The third-order valence-electron chi connectivity index (χ3n) is 5.07. The fraction of sp³-hybridized carbons (Fsp3) is 0.190. The number of rotatable bonds is 4. The van der Waals surface area contributed by atoms with Crippen molar-refractivity contribution in [2.45, 2.75) is 12.5 Å². The molecule has 0 spiro atoms. The predicted octanol–water partition coefficient (Wildman–Crippen LogP) is 3.54. The summed E-state index contributed by atoms with van der Waals surface area (Å²) in [5.41, 5.74) is 7.96. The second-order valence-electron chi connectivity index (χ2n) is 6.96. The van der Waals surface area contributed by atoms with Crippen molar-refractivity contribution < 1.29 is 9.13 Å². The molecule has 0 amide bonds. The van der Waals surface area contributed by atoms with E-state index in [1.165, 1.54) is 12.4 Å². The lowest BCUT2D eigenvalue weighted by atomic mass is 10.1. The van der Waals surface area contributed by atoms with Crippen LogP contribution < -0.4 is 15.8 Å². The van der Waals surface area contributed by atoms with Crippen LogP contribution >= 0.6 is 0 Å². The Morgan fingerprint density at radius 3 is 2.76 bits per heavy atom. The topological polar surface area (TPSA) is 90.9 Å². The number of ether oxygens (including phenoxy) is 1. The third-order valence-corrected chi connectivity index (χ3v) is 5.07. The summed E-state index contributed by atoms with van der Waals surface area (Å²) >= 11 is 0. The number of nitrogens with one attached hydrogen (secondary N) is 1. The minimum atomic E-state index is -0.480. The second kappa shape index (κ2) is 7.14. The van der Waals surface area contributed by atoms with Crippen molar-refractivity contribution >= 4 is 16.9 Å². The molecule has 1 aliphatic heterocycles. The Morgan fingerprint density at radius 1 is 1.14 bits per heavy atom. The lowest BCUT2D eigenvalue weighted by Gasteiger charge is -2.09. The SMILES string of the molecule is Nc1ncnc2c1c(-c1ccc(Oc3ccccc3)c(F)c1)nn2[C@@H]1CCNC1. The van der Waals surface area contributed by atoms with Crippen LogP contribution in [0.5, 0.6) is 11.5 Å². The van der Waals surface area contributed by atoms with E-state index in [1.807, 2.05) is 22.9 Å². The molecule has 3 heterocycles. The highest BCUT2D eigenvalue weighted by molar-refractivity contribution is 5.98. The molecular formula is C21H19FN6O. The minimum absolute atomic E-state index is 0.146. The van der Waals surface area contributed by atoms with E-state index in [1.54, 1.807) is 24.3 Å². The van der Waals surface area contributed by atoms with Gasteiger partial charge in [-0.05, 0) is 43.3 Å². The fourth-order valence-electron chi connectivity index (χ4n) is 3.65. The number of hydrogen-bond donors (Lipinski definition) is 2. The van der Waals surface area contributed by atoms with Crippen molar-refractivity contribution in [1.82, 2.24) is 25.1 Å². The largest absolute Gasteiger partial charge is 0.454 e. The molecule has 4 aromatic rings. The second-order valence-corrected chi connectivity index (χ2v) is 6.96. The molecule has 1 aliphatic rings. The van der Waals surface area contributed by atoms with Crippen LogP contribution in [-0.4, -0.2) is 32.8 Å². The maximum Gasteiger partial charge on any atom is 0.166 e. The molecule has 0 radical (unpaired) electrons. The average molecular weight is 390 g/mol. The van der Waals surface area contributed by atoms with Gasteiger partial charge >= 0.3 is 0 Å². The van der Waals surface area contributed by atoms with E-state index in [2.05, 4.69) is 15.3 Å². The van der Waals surface area contributed by atoms with Gasteiger partial charge in [0.2, 0.25) is 0 Å². The van der Waals surface area contributed by atoms with Gasteiger partial charge in [0.05, 0.1) is 11.4 Å². The van der Waals surface area contributed by atoms with Crippen LogP contribution in [-0.2, 0) is 0 Å². The van der Waals surface area contributed by atoms with Gasteiger partial charge in [-0.1, -0.05) is 18.2 Å². The third kappa shape index (κ3) is 3.17. The van der Waals surface area contributed by atoms with Crippen molar-refractivity contribution in [1.29, 1.82) is 0 Å². The molecule has 3 N–H and O–H groups in total. The monoisotopic (exact) mass is 390 g/mol. The first-order valence-electron chi connectivity index (χ1n) is 9.43. The summed E-state index contributed by atoms with van der Waals surface area (Å²) in [6.07, 6.45) is 2.37. The lowest BCUT2D eigenvalue weighted by molar-refractivity contribution is 0.442. The van der Waals surface area contributed by atoms with Crippen molar-refractivity contribution in [2.75, 3.05) is 18.8 Å². The molecule has 7 nitrogen and oxygen atoms in total. The Balaban J connectivity index is 1.58. The Labute approximate surface area is 166 Å². The highest BCUT2D eigenvalue weighted by atomic mass is 19.1. The smallest absolute Gasteiger partial charge is 0.166 e. The number of anilines is 1. The number of benzene rings is 2. The molecular weight excluding hydrogens is 371 g/mol. The van der Waals surface area contributed by atoms with E-state index >= 15 is 0 Å². The molecule has 146 valence electrons. The molecule has 1 saturated heterocycles. The molecule has 29 heavy (non-hydrogen) atoms. The normalized spacial score (nSPS) is 16.4. The van der Waals surface area contributed by atoms with Crippen LogP contribution in [0.15, 0.2) is 54.9 Å². The zero-order chi connectivity index (χ0) is 19.8. The number of aromatic nitrogens is 4. The number of nitrogens with zero attached hydrogens (tertiary/aromatic N) is 4. The van der Waals surface area contributed by atoms with Gasteiger partial charge in [0, 0.05) is 12.1 Å². The fourth-order valence-corrected chi connectivity index (χ4v) is 3.65. The Morgan fingerprint density at radius 2 is 2.00 bits per heavy atom. The number of hydrogen-bond acceptors (Lipinski definition) is 6. The maximum atomic E-state index is 14.8. The van der Waals surface area contributed by atoms with Gasteiger partial charge in [-0.3, -0.25) is 0 Å². The van der Waals surface area contributed by atoms with E-state index in [0.29, 0.717) is 33.9 Å². The first-order chi connectivity index (χ1) is 14.2. The summed E-state index contributed by atoms with van der Waals surface area (Å²) in [7, 11) is 0. The van der Waals surface area contributed by atoms with E-state index in [0.717, 1.165) is 19.5 Å². The van der Waals surface area contributed by atoms with Crippen molar-refractivity contribution in [2.24, 2.45) is 0 Å². The van der Waals surface area contributed by atoms with Crippen LogP contribution in [0.25, 0.3) is 22.3 Å². The van der Waals surface area contributed by atoms with Crippen molar-refractivity contribution in [3.63, 3.8) is 0 Å². The quantitative estimate of drug-likeness (QED) is 0.554. The molecule has 0 aliphatic carbocycles. The van der Waals surface area contributed by atoms with Gasteiger partial charge in [-0.15, -0.1) is 0 Å². The Bertz CT molecular complexity index is 1170. The summed E-state index contributed by atoms with van der Waals surface area (Å²) < 4.78 is 22.3. The summed E-state index contributed by atoms with van der Waals surface area (Å²) in [6.45, 7) is 1.72. The number of nitrogens with two attached hydrogens (primary N) is 1. The first-order valence-corrected chi connectivity index (χ1v) is 9.43. The van der Waals surface area contributed by atoms with Gasteiger partial charge in [-0.2, -0.15) is 5.10 Å². The van der Waals surface area contributed by atoms with Crippen LogP contribution in [0, 0.1) is 5.82 Å². The number of para-hydroxylation sites is 1. The maximum absolute atomic E-state index is 14.8. The molecule has 2 aromatic carbocycles. The predicted molar refractivity (Wildman–Crippen MR) is 108 cm³/mol. The molecule has 8 heteroatoms. The highest BCUT2D eigenvalue weighted by Gasteiger charge is 2.24. The van der Waals surface area contributed by atoms with E-state index < -0.39 is 5.82 Å². The molecule has 1 atom stereocenters. The summed E-state index contributed by atoms with van der Waals surface area (Å²) in [5, 5.41) is 8.71. The summed E-state index contributed by atoms with van der Waals surface area (Å²) in [6, 6.07) is 14.0. The zero-order valence-electron chi connectivity index (χ0n) is 15.5. The van der Waals surface area contributed by atoms with Gasteiger partial charge in [0.25, 0.3) is 0 Å². The van der Waals surface area contributed by atoms with Gasteiger partial charge < -0.3 is 15.8 Å². The minimum Gasteiger partial charge on any atom is -0.454 e. The molecule has 0 bridgehead atoms. The average Bonchev–Trinajstić information content (AvgIpc) is 3.39. The van der Waals surface area contributed by atoms with Crippen molar-refractivity contribution in [3.05, 3.63) is 60.7 Å². The zero-order valence-corrected chi connectivity index (χ0v) is 15.5. The number of nitrogen functional groups attached to an aromatic ring is 1. The standard InChI is InChI=1S/C21H19FN6O/c22-16-10-13(6-7-17(16)29-15-4-2-1-3-5-15)19-18-20(23)25-12-26-21(18)28(27-19)14-8-9-24-11-14/h1-7,10,12,14,24H,8-9,11H2,(H2,23,25,26)/t14-/m1/s1. The molecule has 0 unspecified atom stereocenters. The number of fused-ring (bicyclic) bond motifs is 1. The molecule has 5 rings (SSSR count). The van der Waals surface area contributed by atoms with Gasteiger partial charge in [-0.25, -0.2) is 19.0 Å². The Hall–Kier alpha value is -3.52. The van der Waals surface area contributed by atoms with Crippen LogP contribution in [0.3, 0.4) is 0 Å². The Kier molecular flexibility index (Phi) is 4.33. The van der Waals surface area contributed by atoms with Crippen molar-refractivity contribution in [3.8, 4) is 22.8 Å². The summed E-state index contributed by atoms with van der Waals surface area (Å²) in [5.74, 6) is 0.562. The van der Waals surface area contributed by atoms with E-state index in [4.69, 9.17) is 15.6 Å². The van der Waals surface area contributed by atoms with Crippen LogP contribution in [0.4, 0.5) is 10.2 Å². The first kappa shape index (κ1) is 17.6. The molecule has 2 aromatic heterocycles. The lowest BCUT2D eigenvalue weighted by Crippen LogP contribution is -2.15. The van der Waals surface area contributed by atoms with E-state index in [-0.39, 0.29) is 11.8 Å². The highest BCUT2D eigenvalue weighted by Crippen LogP contribution is 2.35.